The molecule has 1 unspecified atom stereocenters. The van der Waals surface area contributed by atoms with Gasteiger partial charge in [-0.25, -0.2) is 0 Å². The second kappa shape index (κ2) is 7.88. The summed E-state index contributed by atoms with van der Waals surface area (Å²) in [6.45, 7) is 5.27. The van der Waals surface area contributed by atoms with E-state index in [4.69, 9.17) is 4.52 Å². The molecule has 2 N–H and O–H groups in total. The number of nitrogens with zero attached hydrogens (tertiary/aromatic N) is 2. The van der Waals surface area contributed by atoms with Gasteiger partial charge in [0.15, 0.2) is 5.76 Å². The van der Waals surface area contributed by atoms with Crippen molar-refractivity contribution in [1.29, 1.82) is 0 Å². The molecule has 1 saturated heterocycles. The van der Waals surface area contributed by atoms with Crippen molar-refractivity contribution < 1.29 is 12.9 Å². The lowest BCUT2D eigenvalue weighted by Crippen LogP contribution is -2.47. The van der Waals surface area contributed by atoms with Gasteiger partial charge in [0, 0.05) is 19.2 Å². The molecule has 1 aliphatic rings. The topological polar surface area (TPSA) is 87.5 Å². The van der Waals surface area contributed by atoms with E-state index in [1.165, 1.54) is 10.5 Å². The van der Waals surface area contributed by atoms with Gasteiger partial charge in [-0.3, -0.25) is 0 Å². The van der Waals surface area contributed by atoms with Gasteiger partial charge in [-0.05, 0) is 38.3 Å². The SMILES string of the molecule is CCCNCC1CCCN(S(=O)(=O)NCc2ccno2)C1. The fourth-order valence-corrected chi connectivity index (χ4v) is 3.77. The molecule has 21 heavy (non-hydrogen) atoms. The zero-order chi connectivity index (χ0) is 15.1. The number of hydrogen-bond acceptors (Lipinski definition) is 5. The van der Waals surface area contributed by atoms with E-state index in [1.54, 1.807) is 6.07 Å². The molecule has 2 heterocycles. The Bertz CT molecular complexity index is 503. The van der Waals surface area contributed by atoms with Crippen LogP contribution in [0.5, 0.6) is 0 Å². The molecule has 0 spiro atoms. The number of nitrogens with one attached hydrogen (secondary N) is 2. The third kappa shape index (κ3) is 5.06. The highest BCUT2D eigenvalue weighted by molar-refractivity contribution is 7.87. The first-order valence-corrected chi connectivity index (χ1v) is 8.91. The Morgan fingerprint density at radius 2 is 2.38 bits per heavy atom. The molecule has 0 aliphatic carbocycles. The van der Waals surface area contributed by atoms with Crippen LogP contribution in [0.25, 0.3) is 0 Å². The van der Waals surface area contributed by atoms with Crippen LogP contribution in [0, 0.1) is 5.92 Å². The number of rotatable bonds is 8. The van der Waals surface area contributed by atoms with Gasteiger partial charge >= 0.3 is 0 Å². The molecular weight excluding hydrogens is 292 g/mol. The molecule has 0 bridgehead atoms. The van der Waals surface area contributed by atoms with Crippen molar-refractivity contribution in [2.75, 3.05) is 26.2 Å². The van der Waals surface area contributed by atoms with Gasteiger partial charge in [-0.2, -0.15) is 17.4 Å². The molecule has 1 atom stereocenters. The monoisotopic (exact) mass is 316 g/mol. The average Bonchev–Trinajstić information content (AvgIpc) is 2.99. The summed E-state index contributed by atoms with van der Waals surface area (Å²) in [7, 11) is -3.46. The lowest BCUT2D eigenvalue weighted by Gasteiger charge is -2.31. The first-order valence-electron chi connectivity index (χ1n) is 7.47. The second-order valence-electron chi connectivity index (χ2n) is 5.38. The Labute approximate surface area is 126 Å². The summed E-state index contributed by atoms with van der Waals surface area (Å²) < 4.78 is 33.6. The fraction of sp³-hybridized carbons (Fsp3) is 0.769. The van der Waals surface area contributed by atoms with Crippen LogP contribution in [0.1, 0.15) is 31.9 Å². The summed E-state index contributed by atoms with van der Waals surface area (Å²) in [6, 6.07) is 1.65. The lowest BCUT2D eigenvalue weighted by atomic mass is 10.00. The molecule has 2 rings (SSSR count). The minimum absolute atomic E-state index is 0.136. The van der Waals surface area contributed by atoms with Crippen molar-refractivity contribution in [1.82, 2.24) is 19.5 Å². The average molecular weight is 316 g/mol. The molecule has 0 radical (unpaired) electrons. The molecule has 0 amide bonds. The first kappa shape index (κ1) is 16.4. The zero-order valence-electron chi connectivity index (χ0n) is 12.4. The predicted molar refractivity (Wildman–Crippen MR) is 79.7 cm³/mol. The number of aromatic nitrogens is 1. The maximum atomic E-state index is 12.3. The van der Waals surface area contributed by atoms with Gasteiger partial charge in [0.25, 0.3) is 10.2 Å². The van der Waals surface area contributed by atoms with Crippen LogP contribution in [0.4, 0.5) is 0 Å². The summed E-state index contributed by atoms with van der Waals surface area (Å²) in [5, 5.41) is 6.92. The largest absolute Gasteiger partial charge is 0.360 e. The van der Waals surface area contributed by atoms with Gasteiger partial charge in [0.05, 0.1) is 12.7 Å². The summed E-state index contributed by atoms with van der Waals surface area (Å²) in [4.78, 5) is 0. The van der Waals surface area contributed by atoms with E-state index in [1.807, 2.05) is 0 Å². The third-order valence-corrected chi connectivity index (χ3v) is 5.12. The van der Waals surface area contributed by atoms with E-state index >= 15 is 0 Å². The zero-order valence-corrected chi connectivity index (χ0v) is 13.2. The Morgan fingerprint density at radius 3 is 3.10 bits per heavy atom. The van der Waals surface area contributed by atoms with Crippen molar-refractivity contribution in [3.05, 3.63) is 18.0 Å². The van der Waals surface area contributed by atoms with Crippen molar-refractivity contribution in [3.8, 4) is 0 Å². The molecular formula is C13H24N4O3S. The van der Waals surface area contributed by atoms with Gasteiger partial charge in [0.2, 0.25) is 0 Å². The Balaban J connectivity index is 1.83. The standard InChI is InChI=1S/C13H24N4O3S/c1-2-6-14-9-12-4-3-8-17(11-12)21(18,19)16-10-13-5-7-15-20-13/h5,7,12,14,16H,2-4,6,8-11H2,1H3. The summed E-state index contributed by atoms with van der Waals surface area (Å²) in [6.07, 6.45) is 4.57. The highest BCUT2D eigenvalue weighted by Gasteiger charge is 2.28. The minimum Gasteiger partial charge on any atom is -0.360 e. The molecule has 1 aliphatic heterocycles. The maximum absolute atomic E-state index is 12.3. The Morgan fingerprint density at radius 1 is 1.52 bits per heavy atom. The highest BCUT2D eigenvalue weighted by Crippen LogP contribution is 2.18. The lowest BCUT2D eigenvalue weighted by molar-refractivity contribution is 0.257. The molecule has 0 saturated carbocycles. The van der Waals surface area contributed by atoms with Crippen LogP contribution < -0.4 is 10.0 Å². The van der Waals surface area contributed by atoms with Gasteiger partial charge in [-0.15, -0.1) is 0 Å². The second-order valence-corrected chi connectivity index (χ2v) is 7.13. The van der Waals surface area contributed by atoms with E-state index in [0.717, 1.165) is 32.4 Å². The van der Waals surface area contributed by atoms with Gasteiger partial charge in [-0.1, -0.05) is 12.1 Å². The van der Waals surface area contributed by atoms with Crippen LogP contribution in [0.2, 0.25) is 0 Å². The quantitative estimate of drug-likeness (QED) is 0.690. The van der Waals surface area contributed by atoms with E-state index in [2.05, 4.69) is 22.1 Å². The van der Waals surface area contributed by atoms with Crippen molar-refractivity contribution in [2.45, 2.75) is 32.7 Å². The molecule has 1 aromatic rings. The predicted octanol–water partition coefficient (Wildman–Crippen LogP) is 0.721. The van der Waals surface area contributed by atoms with Crippen LogP contribution in [-0.4, -0.2) is 44.1 Å². The number of piperidine rings is 1. The maximum Gasteiger partial charge on any atom is 0.279 e. The van der Waals surface area contributed by atoms with Crippen LogP contribution in [0.3, 0.4) is 0 Å². The first-order chi connectivity index (χ1) is 10.1. The minimum atomic E-state index is -3.46. The van der Waals surface area contributed by atoms with E-state index < -0.39 is 10.2 Å². The normalized spacial score (nSPS) is 20.7. The van der Waals surface area contributed by atoms with Crippen LogP contribution >= 0.6 is 0 Å². The summed E-state index contributed by atoms with van der Waals surface area (Å²) >= 11 is 0. The molecule has 0 aromatic carbocycles. The van der Waals surface area contributed by atoms with E-state index in [9.17, 15) is 8.42 Å². The molecule has 120 valence electrons. The van der Waals surface area contributed by atoms with Crippen molar-refractivity contribution >= 4 is 10.2 Å². The molecule has 7 nitrogen and oxygen atoms in total. The van der Waals surface area contributed by atoms with Crippen molar-refractivity contribution in [2.24, 2.45) is 5.92 Å². The van der Waals surface area contributed by atoms with Crippen LogP contribution in [-0.2, 0) is 16.8 Å². The molecule has 8 heteroatoms. The smallest absolute Gasteiger partial charge is 0.279 e. The van der Waals surface area contributed by atoms with Crippen LogP contribution in [0.15, 0.2) is 16.8 Å². The van der Waals surface area contributed by atoms with E-state index in [0.29, 0.717) is 24.8 Å². The summed E-state index contributed by atoms with van der Waals surface area (Å²) in [5.41, 5.74) is 0. The Kier molecular flexibility index (Phi) is 6.16. The van der Waals surface area contributed by atoms with Gasteiger partial charge < -0.3 is 9.84 Å². The number of hydrogen-bond donors (Lipinski definition) is 2. The van der Waals surface area contributed by atoms with Gasteiger partial charge in [0.1, 0.15) is 0 Å². The fourth-order valence-electron chi connectivity index (χ4n) is 2.48. The molecule has 1 fully saturated rings. The third-order valence-electron chi connectivity index (χ3n) is 3.60. The van der Waals surface area contributed by atoms with Crippen molar-refractivity contribution in [3.63, 3.8) is 0 Å². The highest BCUT2D eigenvalue weighted by atomic mass is 32.2. The molecule has 1 aromatic heterocycles. The summed E-state index contributed by atoms with van der Waals surface area (Å²) in [5.74, 6) is 0.893. The van der Waals surface area contributed by atoms with E-state index in [-0.39, 0.29) is 6.54 Å². The Hall–Kier alpha value is -0.960.